The zero-order valence-corrected chi connectivity index (χ0v) is 10.4. The predicted octanol–water partition coefficient (Wildman–Crippen LogP) is 1.39. The van der Waals surface area contributed by atoms with Crippen molar-refractivity contribution >= 4 is 0 Å². The van der Waals surface area contributed by atoms with Crippen LogP contribution in [0.15, 0.2) is 18.7 Å². The van der Waals surface area contributed by atoms with Crippen molar-refractivity contribution in [1.29, 1.82) is 0 Å². The molecule has 0 radical (unpaired) electrons. The van der Waals surface area contributed by atoms with Crippen LogP contribution in [0.25, 0.3) is 5.95 Å². The normalized spacial score (nSPS) is 10.8. The highest BCUT2D eigenvalue weighted by molar-refractivity contribution is 5.21. The molecule has 5 heteroatoms. The topological polar surface area (TPSA) is 55.6 Å². The predicted molar refractivity (Wildman–Crippen MR) is 66.0 cm³/mol. The molecule has 0 aliphatic carbocycles. The van der Waals surface area contributed by atoms with Crippen LogP contribution < -0.4 is 5.32 Å². The molecule has 2 aromatic heterocycles. The lowest BCUT2D eigenvalue weighted by atomic mass is 10.3. The number of imidazole rings is 1. The third-order valence-corrected chi connectivity index (χ3v) is 2.74. The summed E-state index contributed by atoms with van der Waals surface area (Å²) < 4.78 is 1.90. The largest absolute Gasteiger partial charge is 0.313 e. The second-order valence-electron chi connectivity index (χ2n) is 3.96. The number of hydrogen-bond acceptors (Lipinski definition) is 4. The first-order valence-electron chi connectivity index (χ1n) is 5.75. The molecule has 0 unspecified atom stereocenters. The van der Waals surface area contributed by atoms with Crippen LogP contribution in [0, 0.1) is 13.8 Å². The van der Waals surface area contributed by atoms with Crippen LogP contribution in [0.3, 0.4) is 0 Å². The number of nitrogens with zero attached hydrogens (tertiary/aromatic N) is 4. The van der Waals surface area contributed by atoms with E-state index in [0.29, 0.717) is 5.95 Å². The summed E-state index contributed by atoms with van der Waals surface area (Å²) >= 11 is 0. The van der Waals surface area contributed by atoms with Crippen molar-refractivity contribution in [2.45, 2.75) is 27.3 Å². The van der Waals surface area contributed by atoms with E-state index >= 15 is 0 Å². The molecule has 0 saturated heterocycles. The fourth-order valence-electron chi connectivity index (χ4n) is 1.53. The van der Waals surface area contributed by atoms with Gasteiger partial charge in [-0.05, 0) is 20.4 Å². The van der Waals surface area contributed by atoms with Crippen LogP contribution >= 0.6 is 0 Å². The molecular formula is C12H17N5. The Morgan fingerprint density at radius 1 is 1.18 bits per heavy atom. The lowest BCUT2D eigenvalue weighted by Crippen LogP contribution is -2.12. The molecule has 90 valence electrons. The minimum Gasteiger partial charge on any atom is -0.313 e. The van der Waals surface area contributed by atoms with Crippen molar-refractivity contribution in [2.75, 3.05) is 6.54 Å². The maximum absolute atomic E-state index is 4.35. The first kappa shape index (κ1) is 11.7. The van der Waals surface area contributed by atoms with Crippen LogP contribution in [0.4, 0.5) is 0 Å². The van der Waals surface area contributed by atoms with E-state index in [1.807, 2.05) is 30.8 Å². The molecule has 0 saturated carbocycles. The highest BCUT2D eigenvalue weighted by Gasteiger charge is 2.06. The van der Waals surface area contributed by atoms with Gasteiger partial charge in [-0.3, -0.25) is 4.57 Å². The Bertz CT molecular complexity index is 486. The SMILES string of the molecule is CCNCc1cnc(-n2cnc(C)c2C)nc1. The summed E-state index contributed by atoms with van der Waals surface area (Å²) in [6.07, 6.45) is 5.45. The summed E-state index contributed by atoms with van der Waals surface area (Å²) in [5, 5.41) is 3.24. The fraction of sp³-hybridized carbons (Fsp3) is 0.417. The summed E-state index contributed by atoms with van der Waals surface area (Å²) in [7, 11) is 0. The van der Waals surface area contributed by atoms with Crippen molar-refractivity contribution in [3.8, 4) is 5.95 Å². The molecule has 5 nitrogen and oxygen atoms in total. The Labute approximate surface area is 101 Å². The van der Waals surface area contributed by atoms with E-state index in [1.54, 1.807) is 6.33 Å². The standard InChI is InChI=1S/C12H17N5/c1-4-13-5-11-6-14-12(15-7-11)17-8-16-9(2)10(17)3/h6-8,13H,4-5H2,1-3H3. The molecular weight excluding hydrogens is 214 g/mol. The fourth-order valence-corrected chi connectivity index (χ4v) is 1.53. The van der Waals surface area contributed by atoms with Gasteiger partial charge >= 0.3 is 0 Å². The van der Waals surface area contributed by atoms with Gasteiger partial charge in [-0.25, -0.2) is 15.0 Å². The third kappa shape index (κ3) is 2.50. The maximum Gasteiger partial charge on any atom is 0.235 e. The summed E-state index contributed by atoms with van der Waals surface area (Å²) in [5.41, 5.74) is 3.17. The van der Waals surface area contributed by atoms with Gasteiger partial charge in [0.1, 0.15) is 6.33 Å². The molecule has 0 bridgehead atoms. The summed E-state index contributed by atoms with van der Waals surface area (Å²) in [4.78, 5) is 12.9. The Balaban J connectivity index is 2.20. The Kier molecular flexibility index (Phi) is 3.49. The molecule has 0 aliphatic heterocycles. The van der Waals surface area contributed by atoms with E-state index in [-0.39, 0.29) is 0 Å². The van der Waals surface area contributed by atoms with Crippen molar-refractivity contribution in [3.05, 3.63) is 35.7 Å². The highest BCUT2D eigenvalue weighted by atomic mass is 15.2. The Hall–Kier alpha value is -1.75. The first-order valence-corrected chi connectivity index (χ1v) is 5.75. The number of aryl methyl sites for hydroxylation is 1. The minimum atomic E-state index is 0.670. The average molecular weight is 231 g/mol. The molecule has 2 heterocycles. The van der Waals surface area contributed by atoms with Crippen LogP contribution in [-0.4, -0.2) is 26.1 Å². The van der Waals surface area contributed by atoms with Gasteiger partial charge in [0, 0.05) is 30.2 Å². The van der Waals surface area contributed by atoms with Gasteiger partial charge in [0.2, 0.25) is 5.95 Å². The minimum absolute atomic E-state index is 0.670. The molecule has 1 N–H and O–H groups in total. The average Bonchev–Trinajstić information content (AvgIpc) is 2.68. The lowest BCUT2D eigenvalue weighted by molar-refractivity contribution is 0.718. The number of nitrogens with one attached hydrogen (secondary N) is 1. The third-order valence-electron chi connectivity index (χ3n) is 2.74. The van der Waals surface area contributed by atoms with Crippen LogP contribution in [0.1, 0.15) is 23.9 Å². The van der Waals surface area contributed by atoms with E-state index in [9.17, 15) is 0 Å². The van der Waals surface area contributed by atoms with Crippen LogP contribution in [0.5, 0.6) is 0 Å². The van der Waals surface area contributed by atoms with E-state index in [2.05, 4.69) is 27.2 Å². The Morgan fingerprint density at radius 2 is 1.88 bits per heavy atom. The first-order chi connectivity index (χ1) is 8.22. The zero-order chi connectivity index (χ0) is 12.3. The number of rotatable bonds is 4. The van der Waals surface area contributed by atoms with Gasteiger partial charge in [-0.2, -0.15) is 0 Å². The van der Waals surface area contributed by atoms with E-state index < -0.39 is 0 Å². The highest BCUT2D eigenvalue weighted by Crippen LogP contribution is 2.09. The molecule has 0 atom stereocenters. The molecule has 2 aromatic rings. The maximum atomic E-state index is 4.35. The molecule has 0 amide bonds. The van der Waals surface area contributed by atoms with E-state index in [4.69, 9.17) is 0 Å². The van der Waals surface area contributed by atoms with E-state index in [1.165, 1.54) is 0 Å². The second-order valence-corrected chi connectivity index (χ2v) is 3.96. The number of aromatic nitrogens is 4. The molecule has 0 fully saturated rings. The zero-order valence-electron chi connectivity index (χ0n) is 10.4. The van der Waals surface area contributed by atoms with Gasteiger partial charge in [-0.1, -0.05) is 6.92 Å². The van der Waals surface area contributed by atoms with Crippen LogP contribution in [0.2, 0.25) is 0 Å². The lowest BCUT2D eigenvalue weighted by Gasteiger charge is -2.05. The molecule has 2 rings (SSSR count). The Morgan fingerprint density at radius 3 is 2.41 bits per heavy atom. The molecule has 0 spiro atoms. The van der Waals surface area contributed by atoms with Gasteiger partial charge in [0.05, 0.1) is 5.69 Å². The van der Waals surface area contributed by atoms with Crippen molar-refractivity contribution in [2.24, 2.45) is 0 Å². The van der Waals surface area contributed by atoms with Crippen LogP contribution in [-0.2, 0) is 6.54 Å². The molecule has 0 aromatic carbocycles. The molecule has 17 heavy (non-hydrogen) atoms. The number of hydrogen-bond donors (Lipinski definition) is 1. The van der Waals surface area contributed by atoms with Gasteiger partial charge in [0.15, 0.2) is 0 Å². The van der Waals surface area contributed by atoms with E-state index in [0.717, 1.165) is 30.0 Å². The monoisotopic (exact) mass is 231 g/mol. The van der Waals surface area contributed by atoms with Crippen molar-refractivity contribution < 1.29 is 0 Å². The van der Waals surface area contributed by atoms with Gasteiger partial charge in [0.25, 0.3) is 0 Å². The summed E-state index contributed by atoms with van der Waals surface area (Å²) in [6, 6.07) is 0. The van der Waals surface area contributed by atoms with Crippen molar-refractivity contribution in [1.82, 2.24) is 24.8 Å². The van der Waals surface area contributed by atoms with Gasteiger partial charge < -0.3 is 5.32 Å². The van der Waals surface area contributed by atoms with Gasteiger partial charge in [-0.15, -0.1) is 0 Å². The van der Waals surface area contributed by atoms with Crippen molar-refractivity contribution in [3.63, 3.8) is 0 Å². The smallest absolute Gasteiger partial charge is 0.235 e. The second kappa shape index (κ2) is 5.05. The quantitative estimate of drug-likeness (QED) is 0.864. The summed E-state index contributed by atoms with van der Waals surface area (Å²) in [6.45, 7) is 7.82. The summed E-state index contributed by atoms with van der Waals surface area (Å²) in [5.74, 6) is 0.670. The molecule has 0 aliphatic rings.